The number of amides is 1. The van der Waals surface area contributed by atoms with Crippen LogP contribution in [0.3, 0.4) is 0 Å². The van der Waals surface area contributed by atoms with Gasteiger partial charge in [-0.15, -0.1) is 0 Å². The van der Waals surface area contributed by atoms with Crippen molar-refractivity contribution in [3.63, 3.8) is 0 Å². The summed E-state index contributed by atoms with van der Waals surface area (Å²) in [5.41, 5.74) is 0.214. The number of hydrogen-bond donors (Lipinski definition) is 2. The highest BCUT2D eigenvalue weighted by Gasteiger charge is 2.18. The molecule has 0 aliphatic rings. The van der Waals surface area contributed by atoms with E-state index in [1.807, 2.05) is 20.8 Å². The third-order valence-electron chi connectivity index (χ3n) is 2.13. The van der Waals surface area contributed by atoms with Crippen molar-refractivity contribution in [1.82, 2.24) is 10.3 Å². The maximum Gasteiger partial charge on any atom is 0.311 e. The first-order valence-electron chi connectivity index (χ1n) is 5.85. The molecule has 1 rings (SSSR count). The van der Waals surface area contributed by atoms with E-state index in [4.69, 9.17) is 0 Å². The van der Waals surface area contributed by atoms with Gasteiger partial charge in [0.05, 0.1) is 11.5 Å². The lowest BCUT2D eigenvalue weighted by molar-refractivity contribution is -0.384. The zero-order valence-electron chi connectivity index (χ0n) is 11.5. The van der Waals surface area contributed by atoms with Crippen LogP contribution in [0.1, 0.15) is 26.3 Å². The molecule has 0 saturated heterocycles. The summed E-state index contributed by atoms with van der Waals surface area (Å²) < 4.78 is 0. The van der Waals surface area contributed by atoms with Crippen LogP contribution in [0.5, 0.6) is 0 Å². The monoisotopic (exact) mass is 266 g/mol. The van der Waals surface area contributed by atoms with Crippen molar-refractivity contribution in [2.24, 2.45) is 0 Å². The van der Waals surface area contributed by atoms with E-state index >= 15 is 0 Å². The van der Waals surface area contributed by atoms with Gasteiger partial charge in [-0.2, -0.15) is 0 Å². The second-order valence-electron chi connectivity index (χ2n) is 5.29. The fourth-order valence-corrected chi connectivity index (χ4v) is 1.46. The zero-order chi connectivity index (χ0) is 14.6. The summed E-state index contributed by atoms with van der Waals surface area (Å²) in [5, 5.41) is 16.3. The van der Waals surface area contributed by atoms with Crippen LogP contribution in [-0.2, 0) is 4.79 Å². The van der Waals surface area contributed by atoms with Gasteiger partial charge in [0.25, 0.3) is 0 Å². The van der Waals surface area contributed by atoms with Crippen LogP contribution in [-0.4, -0.2) is 27.9 Å². The molecule has 0 radical (unpaired) electrons. The van der Waals surface area contributed by atoms with E-state index in [9.17, 15) is 14.9 Å². The lowest BCUT2D eigenvalue weighted by atomic mass is 10.1. The van der Waals surface area contributed by atoms with Crippen molar-refractivity contribution >= 4 is 17.4 Å². The fourth-order valence-electron chi connectivity index (χ4n) is 1.46. The molecule has 1 aromatic heterocycles. The molecule has 1 amide bonds. The average molecular weight is 266 g/mol. The molecule has 0 atom stereocenters. The van der Waals surface area contributed by atoms with E-state index < -0.39 is 4.92 Å². The zero-order valence-corrected chi connectivity index (χ0v) is 11.5. The summed E-state index contributed by atoms with van der Waals surface area (Å²) in [6.07, 6.45) is 1.51. The number of rotatable bonds is 4. The predicted octanol–water partition coefficient (Wildman–Crippen LogP) is 1.62. The topological polar surface area (TPSA) is 97.2 Å². The van der Waals surface area contributed by atoms with Crippen molar-refractivity contribution in [3.05, 3.63) is 27.9 Å². The Hall–Kier alpha value is -2.18. The van der Waals surface area contributed by atoms with Gasteiger partial charge in [0.1, 0.15) is 0 Å². The Morgan fingerprint density at radius 1 is 1.47 bits per heavy atom. The first-order chi connectivity index (χ1) is 8.69. The number of anilines is 1. The van der Waals surface area contributed by atoms with Gasteiger partial charge in [-0.05, 0) is 33.3 Å². The molecule has 7 heteroatoms. The number of carbonyl (C=O) groups is 1. The van der Waals surface area contributed by atoms with E-state index in [1.54, 1.807) is 6.92 Å². The number of carbonyl (C=O) groups excluding carboxylic acids is 1. The summed E-state index contributed by atoms with van der Waals surface area (Å²) in [4.78, 5) is 25.9. The number of aryl methyl sites for hydroxylation is 1. The molecule has 19 heavy (non-hydrogen) atoms. The Morgan fingerprint density at radius 3 is 2.63 bits per heavy atom. The summed E-state index contributed by atoms with van der Waals surface area (Å²) in [5.74, 6) is -0.149. The van der Waals surface area contributed by atoms with Gasteiger partial charge in [-0.25, -0.2) is 4.98 Å². The fraction of sp³-hybridized carbons (Fsp3) is 0.500. The molecule has 0 aliphatic carbocycles. The van der Waals surface area contributed by atoms with E-state index in [-0.39, 0.29) is 29.5 Å². The molecule has 0 spiro atoms. The van der Waals surface area contributed by atoms with Crippen molar-refractivity contribution in [2.45, 2.75) is 33.2 Å². The first kappa shape index (κ1) is 14.9. The second kappa shape index (κ2) is 5.64. The highest BCUT2D eigenvalue weighted by atomic mass is 16.6. The number of nitro groups is 1. The second-order valence-corrected chi connectivity index (χ2v) is 5.29. The molecular formula is C12H18N4O3. The minimum absolute atomic E-state index is 0.0613. The van der Waals surface area contributed by atoms with Crippen LogP contribution in [0.25, 0.3) is 0 Å². The molecule has 0 unspecified atom stereocenters. The third kappa shape index (κ3) is 4.90. The van der Waals surface area contributed by atoms with Gasteiger partial charge < -0.3 is 10.6 Å². The van der Waals surface area contributed by atoms with Crippen LogP contribution in [0, 0.1) is 17.0 Å². The summed E-state index contributed by atoms with van der Waals surface area (Å²) >= 11 is 0. The minimum atomic E-state index is -0.524. The molecule has 104 valence electrons. The molecule has 0 saturated carbocycles. The molecule has 0 bridgehead atoms. The Labute approximate surface area is 111 Å². The molecule has 0 fully saturated rings. The predicted molar refractivity (Wildman–Crippen MR) is 72.0 cm³/mol. The number of aromatic nitrogens is 1. The summed E-state index contributed by atoms with van der Waals surface area (Å²) in [6, 6.07) is 1.41. The lowest BCUT2D eigenvalue weighted by Gasteiger charge is -2.20. The lowest BCUT2D eigenvalue weighted by Crippen LogP contribution is -2.43. The molecule has 1 heterocycles. The molecular weight excluding hydrogens is 248 g/mol. The van der Waals surface area contributed by atoms with Gasteiger partial charge in [-0.1, -0.05) is 0 Å². The van der Waals surface area contributed by atoms with Crippen LogP contribution >= 0.6 is 0 Å². The normalized spacial score (nSPS) is 10.9. The summed E-state index contributed by atoms with van der Waals surface area (Å²) in [6.45, 7) is 7.23. The molecule has 1 aromatic rings. The van der Waals surface area contributed by atoms with Crippen LogP contribution in [0.2, 0.25) is 0 Å². The molecule has 2 N–H and O–H groups in total. The SMILES string of the molecule is Cc1cnc(NCC(=O)NC(C)(C)C)c([N+](=O)[O-])c1. The van der Waals surface area contributed by atoms with Crippen LogP contribution in [0.4, 0.5) is 11.5 Å². The largest absolute Gasteiger partial charge is 0.355 e. The number of pyridine rings is 1. The van der Waals surface area contributed by atoms with Gasteiger partial charge in [0.2, 0.25) is 11.7 Å². The van der Waals surface area contributed by atoms with E-state index in [2.05, 4.69) is 15.6 Å². The number of hydrogen-bond acceptors (Lipinski definition) is 5. The van der Waals surface area contributed by atoms with Crippen molar-refractivity contribution in [1.29, 1.82) is 0 Å². The number of nitrogens with zero attached hydrogens (tertiary/aromatic N) is 2. The first-order valence-corrected chi connectivity index (χ1v) is 5.85. The Bertz CT molecular complexity index is 494. The van der Waals surface area contributed by atoms with Gasteiger partial charge in [-0.3, -0.25) is 14.9 Å². The van der Waals surface area contributed by atoms with Gasteiger partial charge >= 0.3 is 5.69 Å². The van der Waals surface area contributed by atoms with Gasteiger partial charge in [0.15, 0.2) is 0 Å². The number of nitrogens with one attached hydrogen (secondary N) is 2. The maximum atomic E-state index is 11.6. The van der Waals surface area contributed by atoms with E-state index in [0.717, 1.165) is 0 Å². The maximum absolute atomic E-state index is 11.6. The Kier molecular flexibility index (Phi) is 4.42. The third-order valence-corrected chi connectivity index (χ3v) is 2.13. The van der Waals surface area contributed by atoms with E-state index in [0.29, 0.717) is 5.56 Å². The van der Waals surface area contributed by atoms with Crippen LogP contribution in [0.15, 0.2) is 12.3 Å². The van der Waals surface area contributed by atoms with Crippen molar-refractivity contribution in [2.75, 3.05) is 11.9 Å². The molecule has 0 aromatic carbocycles. The summed E-state index contributed by atoms with van der Waals surface area (Å²) in [7, 11) is 0. The quantitative estimate of drug-likeness (QED) is 0.637. The Morgan fingerprint density at radius 2 is 2.11 bits per heavy atom. The highest BCUT2D eigenvalue weighted by Crippen LogP contribution is 2.21. The minimum Gasteiger partial charge on any atom is -0.355 e. The smallest absolute Gasteiger partial charge is 0.311 e. The van der Waals surface area contributed by atoms with Crippen molar-refractivity contribution < 1.29 is 9.72 Å². The van der Waals surface area contributed by atoms with Gasteiger partial charge in [0, 0.05) is 17.8 Å². The van der Waals surface area contributed by atoms with E-state index in [1.165, 1.54) is 12.3 Å². The highest BCUT2D eigenvalue weighted by molar-refractivity contribution is 5.81. The molecule has 0 aliphatic heterocycles. The van der Waals surface area contributed by atoms with Crippen molar-refractivity contribution in [3.8, 4) is 0 Å². The Balaban J connectivity index is 2.73. The van der Waals surface area contributed by atoms with Crippen LogP contribution < -0.4 is 10.6 Å². The standard InChI is InChI=1S/C12H18N4O3/c1-8-5-9(16(18)19)11(13-6-8)14-7-10(17)15-12(2,3)4/h5-6H,7H2,1-4H3,(H,13,14)(H,15,17). The molecule has 7 nitrogen and oxygen atoms in total. The average Bonchev–Trinajstić information content (AvgIpc) is 2.24.